The molecule has 0 aromatic rings. The van der Waals surface area contributed by atoms with Gasteiger partial charge in [-0.3, -0.25) is 9.59 Å². The average Bonchev–Trinajstić information content (AvgIpc) is 3.30. The van der Waals surface area contributed by atoms with E-state index in [9.17, 15) is 35.1 Å². The summed E-state index contributed by atoms with van der Waals surface area (Å²) in [4.78, 5) is 25.0. The van der Waals surface area contributed by atoms with Crippen molar-refractivity contribution in [1.29, 1.82) is 0 Å². The van der Waals surface area contributed by atoms with Gasteiger partial charge in [-0.1, -0.05) is 191 Å². The molecule has 7 unspecified atom stereocenters. The second-order valence-electron chi connectivity index (χ2n) is 18.2. The third kappa shape index (κ3) is 34.6. The van der Waals surface area contributed by atoms with Crippen LogP contribution in [0.25, 0.3) is 0 Å². The van der Waals surface area contributed by atoms with Crippen molar-refractivity contribution in [2.24, 2.45) is 0 Å². The van der Waals surface area contributed by atoms with Crippen LogP contribution in [0.3, 0.4) is 0 Å². The first-order valence-electron chi connectivity index (χ1n) is 26.4. The molecular weight excluding hydrogens is 823 g/mol. The first kappa shape index (κ1) is 60.6. The van der Waals surface area contributed by atoms with Crippen LogP contribution in [-0.4, -0.2) is 100 Å². The number of amides is 1. The van der Waals surface area contributed by atoms with Crippen molar-refractivity contribution in [2.75, 3.05) is 19.8 Å². The fraction of sp³-hybridized carbons (Fsp3) is 0.815. The number of allylic oxidation sites excluding steroid dienone is 7. The van der Waals surface area contributed by atoms with E-state index in [0.29, 0.717) is 19.4 Å². The zero-order valence-electron chi connectivity index (χ0n) is 41.2. The lowest BCUT2D eigenvalue weighted by molar-refractivity contribution is -0.302. The summed E-state index contributed by atoms with van der Waals surface area (Å²) in [5, 5.41) is 54.0. The highest BCUT2D eigenvalue weighted by molar-refractivity contribution is 5.76. The number of ether oxygens (including phenoxy) is 3. The molecule has 1 amide bonds. The normalized spacial score (nSPS) is 20.1. The Bertz CT molecular complexity index is 1220. The van der Waals surface area contributed by atoms with Crippen LogP contribution < -0.4 is 5.32 Å². The summed E-state index contributed by atoms with van der Waals surface area (Å²) in [6, 6.07) is -0.870. The van der Waals surface area contributed by atoms with Crippen LogP contribution >= 0.6 is 0 Å². The summed E-state index contributed by atoms with van der Waals surface area (Å²) in [5.74, 6) is -0.315. The highest BCUT2D eigenvalue weighted by Crippen LogP contribution is 2.22. The Morgan fingerprint density at radius 1 is 0.569 bits per heavy atom. The third-order valence-electron chi connectivity index (χ3n) is 12.2. The van der Waals surface area contributed by atoms with Crippen molar-refractivity contribution in [2.45, 2.75) is 262 Å². The number of aliphatic hydroxyl groups excluding tert-OH is 5. The van der Waals surface area contributed by atoms with E-state index in [1.807, 2.05) is 18.2 Å². The van der Waals surface area contributed by atoms with Gasteiger partial charge < -0.3 is 45.1 Å². The van der Waals surface area contributed by atoms with Crippen LogP contribution in [0, 0.1) is 0 Å². The zero-order valence-corrected chi connectivity index (χ0v) is 41.2. The van der Waals surface area contributed by atoms with Gasteiger partial charge in [0.1, 0.15) is 24.4 Å². The predicted octanol–water partition coefficient (Wildman–Crippen LogP) is 10.9. The monoisotopic (exact) mass is 920 g/mol. The molecule has 0 aromatic carbocycles. The van der Waals surface area contributed by atoms with E-state index in [1.165, 1.54) is 116 Å². The largest absolute Gasteiger partial charge is 0.466 e. The van der Waals surface area contributed by atoms with Gasteiger partial charge in [-0.05, 0) is 64.2 Å². The molecule has 6 N–H and O–H groups in total. The number of carbonyl (C=O) groups is 2. The fourth-order valence-electron chi connectivity index (χ4n) is 7.91. The molecule has 65 heavy (non-hydrogen) atoms. The van der Waals surface area contributed by atoms with Crippen molar-refractivity contribution in [3.05, 3.63) is 48.6 Å². The fourth-order valence-corrected chi connectivity index (χ4v) is 7.91. The molecule has 0 aromatic heterocycles. The Kier molecular flexibility index (Phi) is 41.2. The lowest BCUT2D eigenvalue weighted by Crippen LogP contribution is -2.60. The highest BCUT2D eigenvalue weighted by atomic mass is 16.7. The van der Waals surface area contributed by atoms with Gasteiger partial charge >= 0.3 is 5.97 Å². The number of esters is 1. The molecule has 1 rings (SSSR count). The number of rotatable bonds is 44. The molecule has 1 aliphatic rings. The second-order valence-corrected chi connectivity index (χ2v) is 18.2. The van der Waals surface area contributed by atoms with Crippen LogP contribution in [0.2, 0.25) is 0 Å². The van der Waals surface area contributed by atoms with Gasteiger partial charge in [-0.15, -0.1) is 0 Å². The van der Waals surface area contributed by atoms with Crippen LogP contribution in [0.5, 0.6) is 0 Å². The topological polar surface area (TPSA) is 175 Å². The minimum Gasteiger partial charge on any atom is -0.466 e. The van der Waals surface area contributed by atoms with Crippen LogP contribution in [0.4, 0.5) is 0 Å². The Morgan fingerprint density at radius 2 is 1.06 bits per heavy atom. The summed E-state index contributed by atoms with van der Waals surface area (Å²) >= 11 is 0. The number of unbranched alkanes of at least 4 members (excludes halogenated alkanes) is 24. The smallest absolute Gasteiger partial charge is 0.305 e. The molecule has 1 saturated heterocycles. The third-order valence-corrected chi connectivity index (χ3v) is 12.2. The Balaban J connectivity index is 2.19. The minimum atomic E-state index is -1.59. The predicted molar refractivity (Wildman–Crippen MR) is 264 cm³/mol. The van der Waals surface area contributed by atoms with Crippen molar-refractivity contribution in [1.82, 2.24) is 5.32 Å². The molecule has 0 radical (unpaired) electrons. The van der Waals surface area contributed by atoms with E-state index in [-0.39, 0.29) is 24.9 Å². The van der Waals surface area contributed by atoms with Gasteiger partial charge in [0, 0.05) is 12.8 Å². The molecule has 11 heteroatoms. The first-order chi connectivity index (χ1) is 31.7. The molecule has 1 aliphatic heterocycles. The van der Waals surface area contributed by atoms with Gasteiger partial charge in [0.2, 0.25) is 5.91 Å². The lowest BCUT2D eigenvalue weighted by atomic mass is 9.99. The number of hydrogen-bond donors (Lipinski definition) is 6. The average molecular weight is 920 g/mol. The van der Waals surface area contributed by atoms with Gasteiger partial charge in [0.25, 0.3) is 0 Å². The molecule has 7 atom stereocenters. The second kappa shape index (κ2) is 44.1. The molecule has 1 heterocycles. The number of hydrogen-bond acceptors (Lipinski definition) is 10. The summed E-state index contributed by atoms with van der Waals surface area (Å²) in [7, 11) is 0. The summed E-state index contributed by atoms with van der Waals surface area (Å²) in [6.45, 7) is 4.18. The molecule has 0 bridgehead atoms. The van der Waals surface area contributed by atoms with E-state index < -0.39 is 49.5 Å². The molecule has 0 aliphatic carbocycles. The number of aliphatic hydroxyl groups is 5. The van der Waals surface area contributed by atoms with Crippen molar-refractivity contribution >= 4 is 11.9 Å². The van der Waals surface area contributed by atoms with Crippen LogP contribution in [-0.2, 0) is 23.8 Å². The van der Waals surface area contributed by atoms with Crippen LogP contribution in [0.1, 0.15) is 219 Å². The van der Waals surface area contributed by atoms with E-state index in [0.717, 1.165) is 70.6 Å². The van der Waals surface area contributed by atoms with Crippen molar-refractivity contribution in [3.8, 4) is 0 Å². The number of nitrogens with one attached hydrogen (secondary N) is 1. The minimum absolute atomic E-state index is 0.0392. The highest BCUT2D eigenvalue weighted by Gasteiger charge is 2.44. The summed E-state index contributed by atoms with van der Waals surface area (Å²) < 4.78 is 16.6. The van der Waals surface area contributed by atoms with Gasteiger partial charge in [-0.2, -0.15) is 0 Å². The molecule has 378 valence electrons. The van der Waals surface area contributed by atoms with Crippen LogP contribution in [0.15, 0.2) is 48.6 Å². The molecule has 0 spiro atoms. The summed E-state index contributed by atoms with van der Waals surface area (Å²) in [6.07, 6.45) is 43.6. The van der Waals surface area contributed by atoms with E-state index in [2.05, 4.69) is 43.5 Å². The Labute approximate surface area is 396 Å². The van der Waals surface area contributed by atoms with E-state index in [1.54, 1.807) is 6.08 Å². The van der Waals surface area contributed by atoms with Gasteiger partial charge in [-0.25, -0.2) is 0 Å². The maximum Gasteiger partial charge on any atom is 0.305 e. The molecule has 11 nitrogen and oxygen atoms in total. The van der Waals surface area contributed by atoms with E-state index >= 15 is 0 Å². The molecular formula is C54H97NO10. The quantitative estimate of drug-likeness (QED) is 0.0196. The van der Waals surface area contributed by atoms with E-state index in [4.69, 9.17) is 14.2 Å². The maximum absolute atomic E-state index is 12.9. The number of carbonyl (C=O) groups excluding carboxylic acids is 2. The Hall–Kier alpha value is -2.38. The molecule has 1 fully saturated rings. The summed E-state index contributed by atoms with van der Waals surface area (Å²) in [5.41, 5.74) is 0. The lowest BCUT2D eigenvalue weighted by Gasteiger charge is -2.40. The standard InChI is InChI=1S/C54H97NO10/c1-3-5-7-9-11-13-15-16-19-22-26-30-34-38-42-50(59)63-43-39-35-31-27-23-20-17-18-21-25-29-33-37-41-49(58)55-46(45-64-54-53(62)52(61)51(60)48(44-56)65-54)47(57)40-36-32-28-24-14-12-10-8-6-4-2/h14,18,21,24,29,33,36,40,46-48,51-54,56-57,60-62H,3-13,15-17,19-20,22-23,25-28,30-32,34-35,37-39,41-45H2,1-2H3,(H,55,58)/b21-18-,24-14+,33-29-,40-36+. The molecule has 0 saturated carbocycles. The van der Waals surface area contributed by atoms with Gasteiger partial charge in [0.15, 0.2) is 6.29 Å². The maximum atomic E-state index is 12.9. The first-order valence-corrected chi connectivity index (χ1v) is 26.4. The SMILES string of the molecule is CCCCCC/C=C/CC/C=C/C(O)C(COC1OC(CO)C(O)C(O)C1O)NC(=O)CC/C=C\C/C=C\CCCCCCCCOC(=O)CCCCCCCCCCCCCCCC. The Morgan fingerprint density at radius 3 is 1.66 bits per heavy atom. The van der Waals surface area contributed by atoms with Crippen molar-refractivity contribution < 1.29 is 49.3 Å². The zero-order chi connectivity index (χ0) is 47.4. The van der Waals surface area contributed by atoms with Crippen molar-refractivity contribution in [3.63, 3.8) is 0 Å². The van der Waals surface area contributed by atoms with Gasteiger partial charge in [0.05, 0.1) is 32.0 Å².